The number of carboxylic acids is 1. The van der Waals surface area contributed by atoms with Crippen LogP contribution in [0.3, 0.4) is 0 Å². The number of hydrogen-bond acceptors (Lipinski definition) is 5. The molecule has 92 valence electrons. The van der Waals surface area contributed by atoms with Crippen LogP contribution in [0.15, 0.2) is 6.20 Å². The maximum absolute atomic E-state index is 10.8. The lowest BCUT2D eigenvalue weighted by atomic mass is 10.1. The van der Waals surface area contributed by atoms with Crippen LogP contribution in [-0.2, 0) is 0 Å². The fourth-order valence-corrected chi connectivity index (χ4v) is 1.90. The molecule has 1 aromatic rings. The number of rotatable bonds is 3. The van der Waals surface area contributed by atoms with Crippen LogP contribution in [0.4, 0.5) is 5.95 Å². The molecule has 6 nitrogen and oxygen atoms in total. The van der Waals surface area contributed by atoms with Gasteiger partial charge in [-0.15, -0.1) is 0 Å². The van der Waals surface area contributed by atoms with Crippen molar-refractivity contribution in [3.63, 3.8) is 0 Å². The molecule has 0 saturated carbocycles. The van der Waals surface area contributed by atoms with Gasteiger partial charge in [-0.2, -0.15) is 0 Å². The molecule has 0 bridgehead atoms. The molecule has 2 rings (SSSR count). The Balaban J connectivity index is 2.06. The highest BCUT2D eigenvalue weighted by Crippen LogP contribution is 2.11. The fourth-order valence-electron chi connectivity index (χ4n) is 1.90. The van der Waals surface area contributed by atoms with Gasteiger partial charge in [0.15, 0.2) is 0 Å². The highest BCUT2D eigenvalue weighted by molar-refractivity contribution is 5.88. The van der Waals surface area contributed by atoms with Crippen LogP contribution in [0.1, 0.15) is 28.9 Å². The second kappa shape index (κ2) is 5.09. The average Bonchev–Trinajstić information content (AvgIpc) is 2.30. The van der Waals surface area contributed by atoms with Crippen molar-refractivity contribution in [2.24, 2.45) is 0 Å². The molecular weight excluding hydrogens is 220 g/mol. The second-order valence-electron chi connectivity index (χ2n) is 4.17. The number of carbonyl (C=O) groups is 1. The van der Waals surface area contributed by atoms with Crippen molar-refractivity contribution in [2.45, 2.75) is 25.8 Å². The van der Waals surface area contributed by atoms with E-state index in [1.165, 1.54) is 6.20 Å². The molecule has 1 saturated heterocycles. The minimum Gasteiger partial charge on any atom is -0.478 e. The molecule has 17 heavy (non-hydrogen) atoms. The van der Waals surface area contributed by atoms with Gasteiger partial charge < -0.3 is 15.7 Å². The van der Waals surface area contributed by atoms with Crippen molar-refractivity contribution in [3.8, 4) is 0 Å². The summed E-state index contributed by atoms with van der Waals surface area (Å²) in [4.78, 5) is 19.0. The number of hydrogen-bond donors (Lipinski definition) is 3. The Kier molecular flexibility index (Phi) is 3.53. The van der Waals surface area contributed by atoms with Crippen molar-refractivity contribution in [1.29, 1.82) is 0 Å². The Bertz CT molecular complexity index is 416. The molecular formula is C11H16N4O2. The van der Waals surface area contributed by atoms with Crippen LogP contribution in [0, 0.1) is 6.92 Å². The highest BCUT2D eigenvalue weighted by atomic mass is 16.4. The number of aryl methyl sites for hydroxylation is 1. The topological polar surface area (TPSA) is 87.1 Å². The van der Waals surface area contributed by atoms with E-state index < -0.39 is 5.97 Å². The quantitative estimate of drug-likeness (QED) is 0.714. The maximum Gasteiger partial charge on any atom is 0.339 e. The lowest BCUT2D eigenvalue weighted by Gasteiger charge is -2.23. The van der Waals surface area contributed by atoms with E-state index in [2.05, 4.69) is 20.6 Å². The summed E-state index contributed by atoms with van der Waals surface area (Å²) >= 11 is 0. The SMILES string of the molecule is Cc1nc(NC2CCNCC2)ncc1C(=O)O. The Morgan fingerprint density at radius 2 is 2.24 bits per heavy atom. The Labute approximate surface area is 99.5 Å². The molecule has 0 spiro atoms. The third-order valence-corrected chi connectivity index (χ3v) is 2.88. The van der Waals surface area contributed by atoms with E-state index in [1.807, 2.05) is 0 Å². The van der Waals surface area contributed by atoms with E-state index >= 15 is 0 Å². The van der Waals surface area contributed by atoms with E-state index in [4.69, 9.17) is 5.11 Å². The molecule has 6 heteroatoms. The van der Waals surface area contributed by atoms with Crippen molar-refractivity contribution in [2.75, 3.05) is 18.4 Å². The second-order valence-corrected chi connectivity index (χ2v) is 4.17. The van der Waals surface area contributed by atoms with Crippen molar-refractivity contribution in [1.82, 2.24) is 15.3 Å². The van der Waals surface area contributed by atoms with Gasteiger partial charge in [-0.3, -0.25) is 0 Å². The molecule has 1 fully saturated rings. The third kappa shape index (κ3) is 2.91. The molecule has 1 aromatic heterocycles. The number of carboxylic acid groups (broad SMARTS) is 1. The van der Waals surface area contributed by atoms with Gasteiger partial charge in [-0.1, -0.05) is 0 Å². The Hall–Kier alpha value is -1.69. The van der Waals surface area contributed by atoms with Crippen molar-refractivity contribution in [3.05, 3.63) is 17.5 Å². The summed E-state index contributed by atoms with van der Waals surface area (Å²) in [6, 6.07) is 0.367. The lowest BCUT2D eigenvalue weighted by Crippen LogP contribution is -2.35. The summed E-state index contributed by atoms with van der Waals surface area (Å²) in [5.41, 5.74) is 0.643. The third-order valence-electron chi connectivity index (χ3n) is 2.88. The van der Waals surface area contributed by atoms with Gasteiger partial charge in [0.25, 0.3) is 0 Å². The van der Waals surface area contributed by atoms with Gasteiger partial charge >= 0.3 is 5.97 Å². The normalized spacial score (nSPS) is 16.8. The number of anilines is 1. The molecule has 3 N–H and O–H groups in total. The smallest absolute Gasteiger partial charge is 0.339 e. The van der Waals surface area contributed by atoms with Gasteiger partial charge in [0, 0.05) is 12.2 Å². The highest BCUT2D eigenvalue weighted by Gasteiger charge is 2.15. The predicted octanol–water partition coefficient (Wildman–Crippen LogP) is 0.647. The first-order valence-electron chi connectivity index (χ1n) is 5.71. The number of nitrogens with one attached hydrogen (secondary N) is 2. The maximum atomic E-state index is 10.8. The first-order chi connectivity index (χ1) is 8.16. The van der Waals surface area contributed by atoms with Crippen LogP contribution in [0.2, 0.25) is 0 Å². The Morgan fingerprint density at radius 1 is 1.53 bits per heavy atom. The monoisotopic (exact) mass is 236 g/mol. The van der Waals surface area contributed by atoms with Crippen LogP contribution in [0.5, 0.6) is 0 Å². The van der Waals surface area contributed by atoms with Gasteiger partial charge in [0.1, 0.15) is 0 Å². The van der Waals surface area contributed by atoms with E-state index in [-0.39, 0.29) is 5.56 Å². The van der Waals surface area contributed by atoms with Crippen LogP contribution < -0.4 is 10.6 Å². The molecule has 0 radical (unpaired) electrons. The fraction of sp³-hybridized carbons (Fsp3) is 0.545. The minimum absolute atomic E-state index is 0.154. The molecule has 0 atom stereocenters. The molecule has 2 heterocycles. The largest absolute Gasteiger partial charge is 0.478 e. The number of piperidine rings is 1. The first kappa shape index (κ1) is 11.8. The molecule has 0 aromatic carbocycles. The van der Waals surface area contributed by atoms with E-state index in [9.17, 15) is 4.79 Å². The van der Waals surface area contributed by atoms with Crippen LogP contribution in [-0.4, -0.2) is 40.2 Å². The predicted molar refractivity (Wildman–Crippen MR) is 63.2 cm³/mol. The number of aromatic carboxylic acids is 1. The van der Waals surface area contributed by atoms with Crippen molar-refractivity contribution >= 4 is 11.9 Å². The van der Waals surface area contributed by atoms with Crippen molar-refractivity contribution < 1.29 is 9.90 Å². The summed E-state index contributed by atoms with van der Waals surface area (Å²) in [5, 5.41) is 15.4. The summed E-state index contributed by atoms with van der Waals surface area (Å²) in [6.45, 7) is 3.66. The summed E-state index contributed by atoms with van der Waals surface area (Å²) in [5.74, 6) is -0.477. The van der Waals surface area contributed by atoms with Gasteiger partial charge in [-0.25, -0.2) is 14.8 Å². The zero-order chi connectivity index (χ0) is 12.3. The average molecular weight is 236 g/mol. The van der Waals surface area contributed by atoms with E-state index in [0.717, 1.165) is 25.9 Å². The zero-order valence-electron chi connectivity index (χ0n) is 9.73. The molecule has 1 aliphatic heterocycles. The van der Waals surface area contributed by atoms with Crippen LogP contribution in [0.25, 0.3) is 0 Å². The summed E-state index contributed by atoms with van der Waals surface area (Å²) in [6.07, 6.45) is 3.42. The van der Waals surface area contributed by atoms with Crippen LogP contribution >= 0.6 is 0 Å². The summed E-state index contributed by atoms with van der Waals surface area (Å²) < 4.78 is 0. The Morgan fingerprint density at radius 3 is 2.82 bits per heavy atom. The molecule has 0 aliphatic carbocycles. The first-order valence-corrected chi connectivity index (χ1v) is 5.71. The number of nitrogens with zero attached hydrogens (tertiary/aromatic N) is 2. The summed E-state index contributed by atoms with van der Waals surface area (Å²) in [7, 11) is 0. The number of aromatic nitrogens is 2. The van der Waals surface area contributed by atoms with E-state index in [0.29, 0.717) is 17.7 Å². The van der Waals surface area contributed by atoms with Gasteiger partial charge in [-0.05, 0) is 32.9 Å². The molecule has 0 amide bonds. The molecule has 1 aliphatic rings. The van der Waals surface area contributed by atoms with Gasteiger partial charge in [0.2, 0.25) is 5.95 Å². The minimum atomic E-state index is -0.990. The molecule has 0 unspecified atom stereocenters. The standard InChI is InChI=1S/C11H16N4O2/c1-7-9(10(16)17)6-13-11(14-7)15-8-2-4-12-5-3-8/h6,8,12H,2-5H2,1H3,(H,16,17)(H,13,14,15). The van der Waals surface area contributed by atoms with Gasteiger partial charge in [0.05, 0.1) is 11.3 Å². The van der Waals surface area contributed by atoms with E-state index in [1.54, 1.807) is 6.92 Å². The lowest BCUT2D eigenvalue weighted by molar-refractivity contribution is 0.0695. The zero-order valence-corrected chi connectivity index (χ0v) is 9.73.